The number of likely N-dealkylation sites (N-methyl/N-ethyl adjacent to an activating group) is 1. The number of hydrogen-bond acceptors (Lipinski definition) is 8. The van der Waals surface area contributed by atoms with E-state index >= 15 is 0 Å². The number of amides is 1. The number of piperazine rings is 1. The van der Waals surface area contributed by atoms with Crippen molar-refractivity contribution in [2.75, 3.05) is 49.5 Å². The molecule has 2 fully saturated rings. The minimum absolute atomic E-state index is 0.155. The van der Waals surface area contributed by atoms with Gasteiger partial charge in [-0.15, -0.1) is 0 Å². The van der Waals surface area contributed by atoms with Gasteiger partial charge in [-0.25, -0.2) is 4.98 Å². The fraction of sp³-hybridized carbons (Fsp3) is 0.556. The number of aliphatic hydroxyl groups is 1. The third-order valence-electron chi connectivity index (χ3n) is 7.80. The van der Waals surface area contributed by atoms with Crippen molar-refractivity contribution in [1.82, 2.24) is 20.5 Å². The first kappa shape index (κ1) is 24.8. The van der Waals surface area contributed by atoms with E-state index in [9.17, 15) is 15.0 Å². The molecule has 2 atom stereocenters. The summed E-state index contributed by atoms with van der Waals surface area (Å²) >= 11 is 0. The fourth-order valence-electron chi connectivity index (χ4n) is 5.18. The quantitative estimate of drug-likeness (QED) is 0.377. The molecule has 5 rings (SSSR count). The molecule has 0 unspecified atom stereocenters. The van der Waals surface area contributed by atoms with Crippen LogP contribution in [0.25, 0.3) is 0 Å². The van der Waals surface area contributed by atoms with Gasteiger partial charge in [0.1, 0.15) is 17.4 Å². The minimum atomic E-state index is -0.730. The highest BCUT2D eigenvalue weighted by Gasteiger charge is 2.26. The van der Waals surface area contributed by atoms with E-state index in [0.29, 0.717) is 24.6 Å². The summed E-state index contributed by atoms with van der Waals surface area (Å²) in [6, 6.07) is 9.29. The van der Waals surface area contributed by atoms with Gasteiger partial charge in [0.2, 0.25) is 0 Å². The van der Waals surface area contributed by atoms with Crippen LogP contribution in [0, 0.1) is 0 Å². The molecule has 2 aliphatic heterocycles. The van der Waals surface area contributed by atoms with Gasteiger partial charge in [-0.1, -0.05) is 13.0 Å². The number of pyridine rings is 1. The lowest BCUT2D eigenvalue weighted by atomic mass is 9.92. The van der Waals surface area contributed by atoms with Crippen LogP contribution in [0.4, 0.5) is 11.6 Å². The Morgan fingerprint density at radius 2 is 1.97 bits per heavy atom. The van der Waals surface area contributed by atoms with E-state index in [2.05, 4.69) is 32.7 Å². The number of phenolic OH excluding ortho intramolecular Hbond substituents is 1. The Labute approximate surface area is 212 Å². The summed E-state index contributed by atoms with van der Waals surface area (Å²) in [7, 11) is 0. The molecule has 0 radical (unpaired) electrons. The van der Waals surface area contributed by atoms with Crippen LogP contribution < -0.4 is 20.9 Å². The Morgan fingerprint density at radius 1 is 1.17 bits per heavy atom. The van der Waals surface area contributed by atoms with Crippen molar-refractivity contribution in [3.05, 3.63) is 47.0 Å². The second kappa shape index (κ2) is 11.0. The average molecular weight is 495 g/mol. The first-order valence-corrected chi connectivity index (χ1v) is 13.2. The number of nitrogens with one attached hydrogen (secondary N) is 3. The number of carbonyl (C=O) groups excluding carboxylic acids is 1. The van der Waals surface area contributed by atoms with Crippen molar-refractivity contribution in [2.45, 2.75) is 57.3 Å². The predicted octanol–water partition coefficient (Wildman–Crippen LogP) is 1.70. The zero-order valence-electron chi connectivity index (χ0n) is 21.0. The van der Waals surface area contributed by atoms with Gasteiger partial charge >= 0.3 is 0 Å². The van der Waals surface area contributed by atoms with Gasteiger partial charge in [0.15, 0.2) is 0 Å². The smallest absolute Gasteiger partial charge is 0.251 e. The Morgan fingerprint density at radius 3 is 2.69 bits per heavy atom. The Kier molecular flexibility index (Phi) is 7.59. The zero-order chi connectivity index (χ0) is 25.1. The first-order valence-electron chi connectivity index (χ1n) is 13.2. The molecular formula is C27H38N6O3. The highest BCUT2D eigenvalue weighted by molar-refractivity contribution is 5.95. The highest BCUT2D eigenvalue weighted by Crippen LogP contribution is 2.26. The van der Waals surface area contributed by atoms with Crippen LogP contribution in [-0.2, 0) is 13.0 Å². The summed E-state index contributed by atoms with van der Waals surface area (Å²) in [5.74, 6) is 1.61. The SMILES string of the molecule is CCN1CCN(c2cc(C(=O)NC[C@@H](O)[C@@H]3Cc4ccc(O)cc4CN3)cc(NC3CCC3)n2)CC1. The average Bonchev–Trinajstić information content (AvgIpc) is 2.88. The third kappa shape index (κ3) is 5.74. The van der Waals surface area contributed by atoms with E-state index in [4.69, 9.17) is 4.98 Å². The normalized spacial score (nSPS) is 21.4. The number of nitrogens with zero attached hydrogens (tertiary/aromatic N) is 3. The van der Waals surface area contributed by atoms with Crippen LogP contribution in [0.5, 0.6) is 5.75 Å². The summed E-state index contributed by atoms with van der Waals surface area (Å²) in [5.41, 5.74) is 2.71. The topological polar surface area (TPSA) is 113 Å². The van der Waals surface area contributed by atoms with Crippen molar-refractivity contribution in [1.29, 1.82) is 0 Å². The Bertz CT molecular complexity index is 1070. The van der Waals surface area contributed by atoms with Crippen molar-refractivity contribution < 1.29 is 15.0 Å². The molecule has 3 aliphatic rings. The van der Waals surface area contributed by atoms with E-state index in [1.54, 1.807) is 12.1 Å². The molecule has 0 spiro atoms. The van der Waals surface area contributed by atoms with Gasteiger partial charge < -0.3 is 36.0 Å². The van der Waals surface area contributed by atoms with Crippen LogP contribution in [0.1, 0.15) is 47.7 Å². The number of rotatable bonds is 8. The molecule has 1 amide bonds. The van der Waals surface area contributed by atoms with E-state index in [-0.39, 0.29) is 24.2 Å². The lowest BCUT2D eigenvalue weighted by Crippen LogP contribution is -2.49. The molecule has 9 heteroatoms. The summed E-state index contributed by atoms with van der Waals surface area (Å²) < 4.78 is 0. The first-order chi connectivity index (χ1) is 17.5. The third-order valence-corrected chi connectivity index (χ3v) is 7.80. The molecule has 1 aromatic carbocycles. The van der Waals surface area contributed by atoms with Crippen LogP contribution in [0.3, 0.4) is 0 Å². The monoisotopic (exact) mass is 494 g/mol. The van der Waals surface area contributed by atoms with Gasteiger partial charge in [0, 0.05) is 56.9 Å². The van der Waals surface area contributed by atoms with E-state index in [1.165, 1.54) is 6.42 Å². The van der Waals surface area contributed by atoms with Crippen molar-refractivity contribution in [3.8, 4) is 5.75 Å². The standard InChI is InChI=1S/C27H38N6O3/c1-2-32-8-10-33(11-9-32)26-15-19(14-25(31-26)30-21-4-3-5-21)27(36)29-17-24(35)23-13-18-6-7-22(34)12-20(18)16-28-23/h6-7,12,14-15,21,23-24,28,34-35H,2-5,8-11,13,16-17H2,1H3,(H,29,36)(H,30,31)/t23-,24+/m0/s1. The minimum Gasteiger partial charge on any atom is -0.508 e. The number of hydrogen-bond donors (Lipinski definition) is 5. The van der Waals surface area contributed by atoms with Crippen molar-refractivity contribution >= 4 is 17.5 Å². The van der Waals surface area contributed by atoms with Gasteiger partial charge in [0.05, 0.1) is 6.10 Å². The van der Waals surface area contributed by atoms with Crippen molar-refractivity contribution in [2.24, 2.45) is 0 Å². The molecule has 36 heavy (non-hydrogen) atoms. The van der Waals surface area contributed by atoms with E-state index in [0.717, 1.165) is 68.3 Å². The predicted molar refractivity (Wildman–Crippen MR) is 141 cm³/mol. The molecule has 1 saturated carbocycles. The number of carbonyl (C=O) groups is 1. The summed E-state index contributed by atoms with van der Waals surface area (Å²) in [6.45, 7) is 7.72. The van der Waals surface area contributed by atoms with E-state index < -0.39 is 6.10 Å². The number of benzene rings is 1. The number of phenols is 1. The van der Waals surface area contributed by atoms with Gasteiger partial charge in [-0.3, -0.25) is 4.79 Å². The number of aliphatic hydroxyl groups excluding tert-OH is 1. The van der Waals surface area contributed by atoms with Crippen LogP contribution in [0.2, 0.25) is 0 Å². The molecule has 3 heterocycles. The van der Waals surface area contributed by atoms with Gasteiger partial charge in [-0.2, -0.15) is 0 Å². The molecule has 9 nitrogen and oxygen atoms in total. The molecule has 1 saturated heterocycles. The summed E-state index contributed by atoms with van der Waals surface area (Å²) in [6.07, 6.45) is 3.40. The number of anilines is 2. The number of aromatic nitrogens is 1. The van der Waals surface area contributed by atoms with Crippen LogP contribution in [0.15, 0.2) is 30.3 Å². The molecule has 194 valence electrons. The van der Waals surface area contributed by atoms with Crippen molar-refractivity contribution in [3.63, 3.8) is 0 Å². The molecule has 2 aromatic rings. The summed E-state index contributed by atoms with van der Waals surface area (Å²) in [5, 5.41) is 30.3. The van der Waals surface area contributed by atoms with E-state index in [1.807, 2.05) is 18.2 Å². The molecule has 1 aliphatic carbocycles. The number of fused-ring (bicyclic) bond motifs is 1. The lowest BCUT2D eigenvalue weighted by molar-refractivity contribution is 0.0870. The lowest BCUT2D eigenvalue weighted by Gasteiger charge is -2.35. The molecule has 5 N–H and O–H groups in total. The second-order valence-corrected chi connectivity index (χ2v) is 10.2. The molecular weight excluding hydrogens is 456 g/mol. The molecule has 1 aromatic heterocycles. The maximum Gasteiger partial charge on any atom is 0.251 e. The number of aromatic hydroxyl groups is 1. The van der Waals surface area contributed by atoms with Gasteiger partial charge in [0.25, 0.3) is 5.91 Å². The Balaban J connectivity index is 1.24. The zero-order valence-corrected chi connectivity index (χ0v) is 21.0. The summed E-state index contributed by atoms with van der Waals surface area (Å²) in [4.78, 5) is 22.7. The molecule has 0 bridgehead atoms. The maximum absolute atomic E-state index is 13.2. The highest BCUT2D eigenvalue weighted by atomic mass is 16.3. The largest absolute Gasteiger partial charge is 0.508 e. The van der Waals surface area contributed by atoms with Gasteiger partial charge in [-0.05, 0) is 67.6 Å². The maximum atomic E-state index is 13.2. The fourth-order valence-corrected chi connectivity index (χ4v) is 5.18. The van der Waals surface area contributed by atoms with Crippen LogP contribution >= 0.6 is 0 Å². The Hall–Kier alpha value is -2.88. The second-order valence-electron chi connectivity index (χ2n) is 10.2. The van der Waals surface area contributed by atoms with Crippen LogP contribution in [-0.4, -0.2) is 83.5 Å².